The van der Waals surface area contributed by atoms with Gasteiger partial charge < -0.3 is 21.3 Å². The fraction of sp³-hybridized carbons (Fsp3) is 0.600. The minimum atomic E-state index is -0.590. The van der Waals surface area contributed by atoms with Crippen LogP contribution in [-0.4, -0.2) is 49.9 Å². The monoisotopic (exact) mass is 326 g/mol. The summed E-state index contributed by atoms with van der Waals surface area (Å²) in [6.07, 6.45) is 0. The second kappa shape index (κ2) is 8.87. The zero-order valence-electron chi connectivity index (χ0n) is 13.6. The van der Waals surface area contributed by atoms with Crippen LogP contribution >= 0.6 is 11.3 Å². The van der Waals surface area contributed by atoms with Gasteiger partial charge in [-0.05, 0) is 42.4 Å². The van der Waals surface area contributed by atoms with Crippen molar-refractivity contribution in [3.8, 4) is 0 Å². The van der Waals surface area contributed by atoms with Crippen molar-refractivity contribution in [2.45, 2.75) is 25.9 Å². The number of hydrogen-bond acceptors (Lipinski definition) is 5. The lowest BCUT2D eigenvalue weighted by atomic mass is 10.1. The van der Waals surface area contributed by atoms with Crippen LogP contribution in [0.4, 0.5) is 0 Å². The van der Waals surface area contributed by atoms with Crippen molar-refractivity contribution in [1.29, 1.82) is 0 Å². The Bertz CT molecular complexity index is 474. The van der Waals surface area contributed by atoms with Crippen molar-refractivity contribution in [3.05, 3.63) is 22.4 Å². The Labute approximate surface area is 136 Å². The Balaban J connectivity index is 2.40. The highest BCUT2D eigenvalue weighted by Crippen LogP contribution is 2.19. The van der Waals surface area contributed by atoms with Crippen molar-refractivity contribution in [1.82, 2.24) is 15.5 Å². The van der Waals surface area contributed by atoms with Gasteiger partial charge in [0.25, 0.3) is 0 Å². The maximum atomic E-state index is 11.9. The predicted molar refractivity (Wildman–Crippen MR) is 89.6 cm³/mol. The second-order valence-electron chi connectivity index (χ2n) is 5.83. The van der Waals surface area contributed by atoms with E-state index in [0.29, 0.717) is 6.54 Å². The molecule has 0 radical (unpaired) electrons. The molecule has 0 aliphatic carbocycles. The largest absolute Gasteiger partial charge is 0.353 e. The third kappa shape index (κ3) is 5.75. The number of amides is 2. The molecule has 1 rings (SSSR count). The molecule has 0 saturated heterocycles. The normalized spacial score (nSPS) is 14.0. The quantitative estimate of drug-likeness (QED) is 0.652. The minimum absolute atomic E-state index is 0.0415. The average Bonchev–Trinajstić information content (AvgIpc) is 2.97. The molecular weight excluding hydrogens is 300 g/mol. The van der Waals surface area contributed by atoms with E-state index in [4.69, 9.17) is 5.73 Å². The number of hydrogen-bond donors (Lipinski definition) is 3. The SMILES string of the molecule is CC(C)[C@H](N)C(=O)NCC(=O)NCC(c1ccsc1)N(C)C. The minimum Gasteiger partial charge on any atom is -0.353 e. The molecule has 0 bridgehead atoms. The first-order chi connectivity index (χ1) is 10.3. The number of carbonyl (C=O) groups excluding carboxylic acids is 2. The lowest BCUT2D eigenvalue weighted by molar-refractivity contribution is -0.127. The summed E-state index contributed by atoms with van der Waals surface area (Å²) in [6.45, 7) is 4.18. The smallest absolute Gasteiger partial charge is 0.239 e. The zero-order chi connectivity index (χ0) is 16.7. The van der Waals surface area contributed by atoms with Gasteiger partial charge in [-0.3, -0.25) is 9.59 Å². The van der Waals surface area contributed by atoms with Crippen molar-refractivity contribution in [2.24, 2.45) is 11.7 Å². The molecule has 22 heavy (non-hydrogen) atoms. The highest BCUT2D eigenvalue weighted by molar-refractivity contribution is 7.07. The van der Waals surface area contributed by atoms with E-state index < -0.39 is 6.04 Å². The predicted octanol–water partition coefficient (Wildman–Crippen LogP) is 0.567. The van der Waals surface area contributed by atoms with E-state index in [9.17, 15) is 9.59 Å². The lowest BCUT2D eigenvalue weighted by Crippen LogP contribution is -2.47. The molecule has 1 aromatic heterocycles. The topological polar surface area (TPSA) is 87.5 Å². The van der Waals surface area contributed by atoms with E-state index >= 15 is 0 Å². The van der Waals surface area contributed by atoms with Crippen LogP contribution in [0.3, 0.4) is 0 Å². The highest BCUT2D eigenvalue weighted by Gasteiger charge is 2.19. The van der Waals surface area contributed by atoms with E-state index in [-0.39, 0.29) is 30.3 Å². The Morgan fingerprint density at radius 3 is 2.50 bits per heavy atom. The summed E-state index contributed by atoms with van der Waals surface area (Å²) < 4.78 is 0. The molecule has 1 aromatic rings. The third-order valence-electron chi connectivity index (χ3n) is 3.49. The highest BCUT2D eigenvalue weighted by atomic mass is 32.1. The molecule has 0 aliphatic rings. The Morgan fingerprint density at radius 1 is 1.32 bits per heavy atom. The van der Waals surface area contributed by atoms with Crippen LogP contribution in [0.25, 0.3) is 0 Å². The molecule has 0 aliphatic heterocycles. The number of carbonyl (C=O) groups is 2. The van der Waals surface area contributed by atoms with Gasteiger partial charge in [-0.1, -0.05) is 13.8 Å². The molecule has 7 heteroatoms. The van der Waals surface area contributed by atoms with Gasteiger partial charge in [-0.25, -0.2) is 0 Å². The second-order valence-corrected chi connectivity index (χ2v) is 6.61. The third-order valence-corrected chi connectivity index (χ3v) is 4.19. The molecule has 2 amide bonds. The maximum absolute atomic E-state index is 11.9. The Hall–Kier alpha value is -1.44. The van der Waals surface area contributed by atoms with Crippen LogP contribution in [0.2, 0.25) is 0 Å². The Morgan fingerprint density at radius 2 is 2.00 bits per heavy atom. The molecule has 1 unspecified atom stereocenters. The van der Waals surface area contributed by atoms with E-state index in [1.165, 1.54) is 5.56 Å². The van der Waals surface area contributed by atoms with E-state index in [1.54, 1.807) is 11.3 Å². The lowest BCUT2D eigenvalue weighted by Gasteiger charge is -2.24. The fourth-order valence-corrected chi connectivity index (χ4v) is 2.63. The number of nitrogens with zero attached hydrogens (tertiary/aromatic N) is 1. The molecule has 2 atom stereocenters. The van der Waals surface area contributed by atoms with E-state index in [0.717, 1.165) is 0 Å². The van der Waals surface area contributed by atoms with Crippen LogP contribution in [-0.2, 0) is 9.59 Å². The van der Waals surface area contributed by atoms with Crippen molar-refractivity contribution in [2.75, 3.05) is 27.2 Å². The first-order valence-corrected chi connectivity index (χ1v) is 8.25. The van der Waals surface area contributed by atoms with Gasteiger partial charge in [0.15, 0.2) is 0 Å². The molecule has 4 N–H and O–H groups in total. The molecular formula is C15H26N4O2S. The molecule has 0 aromatic carbocycles. The van der Waals surface area contributed by atoms with Crippen LogP contribution in [0, 0.1) is 5.92 Å². The van der Waals surface area contributed by atoms with Gasteiger partial charge in [-0.2, -0.15) is 11.3 Å². The number of thiophene rings is 1. The average molecular weight is 326 g/mol. The number of likely N-dealkylation sites (N-methyl/N-ethyl adjacent to an activating group) is 1. The van der Waals surface area contributed by atoms with Crippen LogP contribution in [0.1, 0.15) is 25.5 Å². The van der Waals surface area contributed by atoms with Crippen molar-refractivity contribution in [3.63, 3.8) is 0 Å². The molecule has 1 heterocycles. The molecule has 0 spiro atoms. The zero-order valence-corrected chi connectivity index (χ0v) is 14.4. The van der Waals surface area contributed by atoms with Gasteiger partial charge >= 0.3 is 0 Å². The van der Waals surface area contributed by atoms with E-state index in [1.807, 2.05) is 39.4 Å². The van der Waals surface area contributed by atoms with E-state index in [2.05, 4.69) is 20.9 Å². The number of nitrogens with two attached hydrogens (primary N) is 1. The van der Waals surface area contributed by atoms with Gasteiger partial charge in [0.1, 0.15) is 0 Å². The standard InChI is InChI=1S/C15H26N4O2S/c1-10(2)14(16)15(21)18-8-13(20)17-7-12(19(3)4)11-5-6-22-9-11/h5-6,9-10,12,14H,7-8,16H2,1-4H3,(H,17,20)(H,18,21)/t12?,14-/m0/s1. The number of rotatable bonds is 8. The fourth-order valence-electron chi connectivity index (χ4n) is 1.92. The van der Waals surface area contributed by atoms with Gasteiger partial charge in [-0.15, -0.1) is 0 Å². The van der Waals surface area contributed by atoms with Gasteiger partial charge in [0.05, 0.1) is 18.6 Å². The maximum Gasteiger partial charge on any atom is 0.239 e. The molecule has 0 saturated carbocycles. The van der Waals surface area contributed by atoms with Gasteiger partial charge in [0.2, 0.25) is 11.8 Å². The molecule has 0 fully saturated rings. The summed E-state index contributed by atoms with van der Waals surface area (Å²) in [5.41, 5.74) is 6.89. The first kappa shape index (κ1) is 18.6. The number of nitrogens with one attached hydrogen (secondary N) is 2. The van der Waals surface area contributed by atoms with Crippen molar-refractivity contribution < 1.29 is 9.59 Å². The summed E-state index contributed by atoms with van der Waals surface area (Å²) in [6, 6.07) is 1.57. The van der Waals surface area contributed by atoms with Crippen LogP contribution < -0.4 is 16.4 Å². The first-order valence-electron chi connectivity index (χ1n) is 7.31. The Kier molecular flexibility index (Phi) is 7.50. The summed E-state index contributed by atoms with van der Waals surface area (Å²) in [4.78, 5) is 25.6. The van der Waals surface area contributed by atoms with Gasteiger partial charge in [0, 0.05) is 6.54 Å². The summed E-state index contributed by atoms with van der Waals surface area (Å²) >= 11 is 1.63. The van der Waals surface area contributed by atoms with Crippen molar-refractivity contribution >= 4 is 23.2 Å². The molecule has 6 nitrogen and oxygen atoms in total. The summed E-state index contributed by atoms with van der Waals surface area (Å²) in [7, 11) is 3.94. The summed E-state index contributed by atoms with van der Waals surface area (Å²) in [5, 5.41) is 9.49. The summed E-state index contributed by atoms with van der Waals surface area (Å²) in [5.74, 6) is -0.474. The molecule has 124 valence electrons. The van der Waals surface area contributed by atoms with Crippen LogP contribution in [0.15, 0.2) is 16.8 Å². The van der Waals surface area contributed by atoms with Crippen LogP contribution in [0.5, 0.6) is 0 Å².